The SMILES string of the molecule is CCCN1C(=O)OC2(CCN(CC=C(c3ccccc3)c3ccccc3)CC2)C1(C)O. The number of carbonyl (C=O) groups excluding carboxylic acids is 1. The van der Waals surface area contributed by atoms with Crippen molar-refractivity contribution in [1.82, 2.24) is 9.80 Å². The van der Waals surface area contributed by atoms with Crippen LogP contribution in [-0.2, 0) is 4.74 Å². The molecule has 2 aliphatic rings. The summed E-state index contributed by atoms with van der Waals surface area (Å²) in [5.74, 6) is 0. The van der Waals surface area contributed by atoms with Crippen LogP contribution in [0.25, 0.3) is 5.57 Å². The second-order valence-corrected chi connectivity index (χ2v) is 8.69. The first-order valence-electron chi connectivity index (χ1n) is 11.2. The molecule has 5 heteroatoms. The molecule has 31 heavy (non-hydrogen) atoms. The van der Waals surface area contributed by atoms with Gasteiger partial charge in [0.25, 0.3) is 0 Å². The number of amides is 1. The number of hydrogen-bond donors (Lipinski definition) is 1. The highest BCUT2D eigenvalue weighted by Gasteiger charge is 2.62. The summed E-state index contributed by atoms with van der Waals surface area (Å²) in [7, 11) is 0. The van der Waals surface area contributed by atoms with Gasteiger partial charge in [-0.15, -0.1) is 0 Å². The molecule has 5 nitrogen and oxygen atoms in total. The average Bonchev–Trinajstić information content (AvgIpc) is 2.97. The molecule has 2 fully saturated rings. The highest BCUT2D eigenvalue weighted by Crippen LogP contribution is 2.44. The Morgan fingerprint density at radius 1 is 1.03 bits per heavy atom. The Bertz CT molecular complexity index is 875. The summed E-state index contributed by atoms with van der Waals surface area (Å²) >= 11 is 0. The number of benzene rings is 2. The van der Waals surface area contributed by atoms with Gasteiger partial charge in [-0.1, -0.05) is 73.7 Å². The monoisotopic (exact) mass is 420 g/mol. The fourth-order valence-corrected chi connectivity index (χ4v) is 4.81. The predicted molar refractivity (Wildman–Crippen MR) is 122 cm³/mol. The van der Waals surface area contributed by atoms with Crippen LogP contribution in [0.2, 0.25) is 0 Å². The lowest BCUT2D eigenvalue weighted by Gasteiger charge is -2.44. The van der Waals surface area contributed by atoms with E-state index in [-0.39, 0.29) is 0 Å². The largest absolute Gasteiger partial charge is 0.437 e. The molecule has 4 rings (SSSR count). The minimum Gasteiger partial charge on any atom is -0.437 e. The van der Waals surface area contributed by atoms with Gasteiger partial charge in [-0.3, -0.25) is 9.80 Å². The third kappa shape index (κ3) is 4.12. The molecule has 2 aromatic carbocycles. The van der Waals surface area contributed by atoms with Crippen LogP contribution < -0.4 is 0 Å². The van der Waals surface area contributed by atoms with Crippen LogP contribution in [0.1, 0.15) is 44.2 Å². The Kier molecular flexibility index (Phi) is 6.17. The molecule has 0 bridgehead atoms. The number of piperidine rings is 1. The van der Waals surface area contributed by atoms with Crippen LogP contribution in [0, 0.1) is 0 Å². The van der Waals surface area contributed by atoms with Crippen molar-refractivity contribution in [3.8, 4) is 0 Å². The van der Waals surface area contributed by atoms with Crippen LogP contribution in [-0.4, -0.2) is 58.5 Å². The first-order valence-corrected chi connectivity index (χ1v) is 11.2. The predicted octanol–water partition coefficient (Wildman–Crippen LogP) is 4.52. The van der Waals surface area contributed by atoms with Gasteiger partial charge in [0.2, 0.25) is 0 Å². The van der Waals surface area contributed by atoms with Crippen LogP contribution >= 0.6 is 0 Å². The van der Waals surface area contributed by atoms with Crippen molar-refractivity contribution >= 4 is 11.7 Å². The van der Waals surface area contributed by atoms with E-state index >= 15 is 0 Å². The van der Waals surface area contributed by atoms with Crippen molar-refractivity contribution in [3.05, 3.63) is 77.9 Å². The topological polar surface area (TPSA) is 53.0 Å². The van der Waals surface area contributed by atoms with Crippen molar-refractivity contribution in [2.75, 3.05) is 26.2 Å². The van der Waals surface area contributed by atoms with E-state index in [2.05, 4.69) is 59.5 Å². The lowest BCUT2D eigenvalue weighted by molar-refractivity contribution is -0.164. The summed E-state index contributed by atoms with van der Waals surface area (Å²) in [5, 5.41) is 11.2. The quantitative estimate of drug-likeness (QED) is 0.746. The summed E-state index contributed by atoms with van der Waals surface area (Å²) in [5.41, 5.74) is 1.53. The van der Waals surface area contributed by atoms with Gasteiger partial charge >= 0.3 is 6.09 Å². The summed E-state index contributed by atoms with van der Waals surface area (Å²) in [6, 6.07) is 20.9. The van der Waals surface area contributed by atoms with E-state index in [1.54, 1.807) is 6.92 Å². The molecule has 2 saturated heterocycles. The molecule has 1 atom stereocenters. The van der Waals surface area contributed by atoms with Crippen LogP contribution in [0.3, 0.4) is 0 Å². The molecule has 0 aromatic heterocycles. The van der Waals surface area contributed by atoms with E-state index in [0.29, 0.717) is 19.4 Å². The molecular formula is C26H32N2O3. The van der Waals surface area contributed by atoms with E-state index < -0.39 is 17.4 Å². The van der Waals surface area contributed by atoms with Gasteiger partial charge in [-0.05, 0) is 30.0 Å². The molecule has 1 amide bonds. The average molecular weight is 421 g/mol. The number of likely N-dealkylation sites (tertiary alicyclic amines) is 1. The Morgan fingerprint density at radius 2 is 1.58 bits per heavy atom. The Labute approximate surface area is 184 Å². The molecule has 1 unspecified atom stereocenters. The van der Waals surface area contributed by atoms with Crippen molar-refractivity contribution in [1.29, 1.82) is 0 Å². The second kappa shape index (κ2) is 8.85. The van der Waals surface area contributed by atoms with Gasteiger partial charge in [0, 0.05) is 39.0 Å². The van der Waals surface area contributed by atoms with Gasteiger partial charge in [0.1, 0.15) is 0 Å². The summed E-state index contributed by atoms with van der Waals surface area (Å²) < 4.78 is 5.78. The third-order valence-electron chi connectivity index (χ3n) is 6.73. The zero-order chi connectivity index (χ0) is 21.9. The highest BCUT2D eigenvalue weighted by atomic mass is 16.6. The number of rotatable bonds is 6. The molecule has 2 aromatic rings. The molecule has 1 N–H and O–H groups in total. The zero-order valence-corrected chi connectivity index (χ0v) is 18.5. The zero-order valence-electron chi connectivity index (χ0n) is 18.5. The third-order valence-corrected chi connectivity index (χ3v) is 6.73. The number of ether oxygens (including phenoxy) is 1. The molecule has 2 heterocycles. The molecule has 164 valence electrons. The van der Waals surface area contributed by atoms with Gasteiger partial charge < -0.3 is 9.84 Å². The maximum atomic E-state index is 12.4. The van der Waals surface area contributed by atoms with Crippen molar-refractivity contribution < 1.29 is 14.6 Å². The minimum absolute atomic E-state index is 0.393. The highest BCUT2D eigenvalue weighted by molar-refractivity contribution is 5.79. The van der Waals surface area contributed by atoms with Gasteiger partial charge in [-0.2, -0.15) is 0 Å². The Morgan fingerprint density at radius 3 is 2.10 bits per heavy atom. The maximum absolute atomic E-state index is 12.4. The fraction of sp³-hybridized carbons (Fsp3) is 0.423. The Hall–Kier alpha value is -2.63. The fourth-order valence-electron chi connectivity index (χ4n) is 4.81. The van der Waals surface area contributed by atoms with Crippen molar-refractivity contribution in [2.24, 2.45) is 0 Å². The Balaban J connectivity index is 1.48. The van der Waals surface area contributed by atoms with Gasteiger partial charge in [-0.25, -0.2) is 4.79 Å². The van der Waals surface area contributed by atoms with Crippen molar-refractivity contribution in [3.63, 3.8) is 0 Å². The van der Waals surface area contributed by atoms with E-state index in [1.165, 1.54) is 21.6 Å². The molecule has 2 aliphatic heterocycles. The molecule has 0 saturated carbocycles. The van der Waals surface area contributed by atoms with Gasteiger partial charge in [0.15, 0.2) is 11.3 Å². The van der Waals surface area contributed by atoms with Gasteiger partial charge in [0.05, 0.1) is 0 Å². The van der Waals surface area contributed by atoms with Crippen LogP contribution in [0.4, 0.5) is 4.79 Å². The first kappa shape index (κ1) is 21.6. The summed E-state index contributed by atoms with van der Waals surface area (Å²) in [6.07, 6.45) is 3.94. The standard InChI is InChI=1S/C26H32N2O3/c1-3-17-28-24(29)31-26(25(28,2)30)15-19-27(20-16-26)18-14-23(21-10-6-4-7-11-21)22-12-8-5-9-13-22/h4-14,30H,3,15-20H2,1-2H3. The van der Waals surface area contributed by atoms with Crippen molar-refractivity contribution in [2.45, 2.75) is 44.4 Å². The molecule has 1 spiro atoms. The normalized spacial score (nSPS) is 23.1. The summed E-state index contributed by atoms with van der Waals surface area (Å²) in [4.78, 5) is 16.2. The maximum Gasteiger partial charge on any atom is 0.412 e. The lowest BCUT2D eigenvalue weighted by atomic mass is 9.82. The lowest BCUT2D eigenvalue weighted by Crippen LogP contribution is -2.60. The van der Waals surface area contributed by atoms with Crippen LogP contribution in [0.15, 0.2) is 66.7 Å². The smallest absolute Gasteiger partial charge is 0.412 e. The second-order valence-electron chi connectivity index (χ2n) is 8.69. The molecular weight excluding hydrogens is 388 g/mol. The molecule has 0 radical (unpaired) electrons. The first-order chi connectivity index (χ1) is 15.0. The number of carbonyl (C=O) groups is 1. The van der Waals surface area contributed by atoms with E-state index in [1.807, 2.05) is 19.1 Å². The van der Waals surface area contributed by atoms with E-state index in [9.17, 15) is 9.90 Å². The minimum atomic E-state index is -1.26. The van der Waals surface area contributed by atoms with E-state index in [4.69, 9.17) is 4.74 Å². The summed E-state index contributed by atoms with van der Waals surface area (Å²) in [6.45, 7) is 6.60. The number of hydrogen-bond acceptors (Lipinski definition) is 4. The number of nitrogens with zero attached hydrogens (tertiary/aromatic N) is 2. The molecule has 0 aliphatic carbocycles. The number of aliphatic hydroxyl groups is 1. The van der Waals surface area contributed by atoms with E-state index in [0.717, 1.165) is 26.1 Å². The van der Waals surface area contributed by atoms with Crippen LogP contribution in [0.5, 0.6) is 0 Å².